The lowest BCUT2D eigenvalue weighted by molar-refractivity contribution is -0.113. The Morgan fingerprint density at radius 2 is 1.73 bits per heavy atom. The number of aromatic nitrogens is 3. The molecule has 0 radical (unpaired) electrons. The fourth-order valence-electron chi connectivity index (χ4n) is 2.99. The zero-order valence-electron chi connectivity index (χ0n) is 18.1. The van der Waals surface area contributed by atoms with E-state index in [-0.39, 0.29) is 22.6 Å². The van der Waals surface area contributed by atoms with Gasteiger partial charge in [0.1, 0.15) is 0 Å². The molecule has 0 aliphatic carbocycles. The summed E-state index contributed by atoms with van der Waals surface area (Å²) in [5.74, 6) is -0.974. The van der Waals surface area contributed by atoms with E-state index in [1.165, 1.54) is 44.2 Å². The average Bonchev–Trinajstić information content (AvgIpc) is 3.25. The van der Waals surface area contributed by atoms with Crippen LogP contribution in [0, 0.1) is 0 Å². The van der Waals surface area contributed by atoms with E-state index in [2.05, 4.69) is 15.5 Å². The van der Waals surface area contributed by atoms with Gasteiger partial charge >= 0.3 is 11.9 Å². The molecule has 0 aliphatic heterocycles. The summed E-state index contributed by atoms with van der Waals surface area (Å²) >= 11 is 7.15. The van der Waals surface area contributed by atoms with Crippen molar-refractivity contribution in [2.75, 3.05) is 25.3 Å². The minimum Gasteiger partial charge on any atom is -0.465 e. The van der Waals surface area contributed by atoms with Crippen molar-refractivity contribution >= 4 is 46.9 Å². The Morgan fingerprint density at radius 3 is 2.36 bits per heavy atom. The smallest absolute Gasteiger partial charge is 0.339 e. The normalized spacial score (nSPS) is 10.5. The first kappa shape index (κ1) is 24.3. The molecule has 9 nitrogen and oxygen atoms in total. The highest BCUT2D eigenvalue weighted by molar-refractivity contribution is 7.99. The SMILES string of the molecule is CCn1c(SCC(=O)Nc2cc(C(=O)OC)ccc2C(=O)OC)nnc1-c1ccc(Cl)cc1. The Morgan fingerprint density at radius 1 is 1.03 bits per heavy atom. The standard InChI is InChI=1S/C22H21ClN4O5S/c1-4-27-19(13-5-8-15(23)9-6-13)25-26-22(27)33-12-18(28)24-17-11-14(20(29)31-2)7-10-16(17)21(30)32-3/h5-11H,4,12H2,1-3H3,(H,24,28). The summed E-state index contributed by atoms with van der Waals surface area (Å²) in [4.78, 5) is 36.5. The molecule has 0 atom stereocenters. The van der Waals surface area contributed by atoms with E-state index in [9.17, 15) is 14.4 Å². The molecule has 0 saturated heterocycles. The van der Waals surface area contributed by atoms with Crippen LogP contribution in [0.15, 0.2) is 47.6 Å². The molecule has 1 aromatic heterocycles. The number of esters is 2. The number of carbonyl (C=O) groups is 3. The maximum atomic E-state index is 12.6. The van der Waals surface area contributed by atoms with Gasteiger partial charge < -0.3 is 19.4 Å². The Kier molecular flexibility index (Phi) is 8.07. The predicted molar refractivity (Wildman–Crippen MR) is 125 cm³/mol. The van der Waals surface area contributed by atoms with E-state index in [4.69, 9.17) is 21.1 Å². The molecule has 0 fully saturated rings. The third kappa shape index (κ3) is 5.71. The molecular formula is C22H21ClN4O5S. The molecule has 1 N–H and O–H groups in total. The minimum absolute atomic E-state index is 0.00180. The zero-order chi connectivity index (χ0) is 24.0. The first-order valence-corrected chi connectivity index (χ1v) is 11.2. The van der Waals surface area contributed by atoms with E-state index in [1.807, 2.05) is 23.6 Å². The number of benzene rings is 2. The number of hydrogen-bond donors (Lipinski definition) is 1. The van der Waals surface area contributed by atoms with Gasteiger partial charge in [-0.25, -0.2) is 9.59 Å². The molecule has 0 aliphatic rings. The number of hydrogen-bond acceptors (Lipinski definition) is 8. The van der Waals surface area contributed by atoms with Crippen LogP contribution in [0.5, 0.6) is 0 Å². The maximum absolute atomic E-state index is 12.6. The Balaban J connectivity index is 1.76. The van der Waals surface area contributed by atoms with Gasteiger partial charge in [-0.1, -0.05) is 23.4 Å². The lowest BCUT2D eigenvalue weighted by atomic mass is 10.1. The van der Waals surface area contributed by atoms with Gasteiger partial charge in [0.05, 0.1) is 36.8 Å². The van der Waals surface area contributed by atoms with Gasteiger partial charge in [0, 0.05) is 17.1 Å². The lowest BCUT2D eigenvalue weighted by Gasteiger charge is -2.11. The number of rotatable bonds is 8. The van der Waals surface area contributed by atoms with Gasteiger partial charge in [-0.2, -0.15) is 0 Å². The van der Waals surface area contributed by atoms with Crippen LogP contribution in [0.1, 0.15) is 27.6 Å². The number of carbonyl (C=O) groups excluding carboxylic acids is 3. The lowest BCUT2D eigenvalue weighted by Crippen LogP contribution is -2.18. The highest BCUT2D eigenvalue weighted by atomic mass is 35.5. The number of nitrogens with zero attached hydrogens (tertiary/aromatic N) is 3. The fraction of sp³-hybridized carbons (Fsp3) is 0.227. The van der Waals surface area contributed by atoms with Crippen molar-refractivity contribution in [3.8, 4) is 11.4 Å². The van der Waals surface area contributed by atoms with Crippen LogP contribution in [0.3, 0.4) is 0 Å². The number of thioether (sulfide) groups is 1. The van der Waals surface area contributed by atoms with Crippen molar-refractivity contribution in [2.24, 2.45) is 0 Å². The van der Waals surface area contributed by atoms with Gasteiger partial charge in [0.15, 0.2) is 11.0 Å². The molecule has 0 saturated carbocycles. The van der Waals surface area contributed by atoms with Crippen LogP contribution < -0.4 is 5.32 Å². The van der Waals surface area contributed by atoms with E-state index >= 15 is 0 Å². The molecular weight excluding hydrogens is 468 g/mol. The van der Waals surface area contributed by atoms with Gasteiger partial charge in [0.25, 0.3) is 0 Å². The quantitative estimate of drug-likeness (QED) is 0.375. The van der Waals surface area contributed by atoms with Crippen molar-refractivity contribution < 1.29 is 23.9 Å². The van der Waals surface area contributed by atoms with Crippen molar-refractivity contribution in [3.63, 3.8) is 0 Å². The summed E-state index contributed by atoms with van der Waals surface area (Å²) in [5.41, 5.74) is 1.30. The van der Waals surface area contributed by atoms with E-state index < -0.39 is 17.8 Å². The number of halogens is 1. The minimum atomic E-state index is -0.646. The van der Waals surface area contributed by atoms with Crippen LogP contribution >= 0.6 is 23.4 Å². The second-order valence-electron chi connectivity index (χ2n) is 6.64. The summed E-state index contributed by atoms with van der Waals surface area (Å²) in [6, 6.07) is 11.4. The van der Waals surface area contributed by atoms with Crippen molar-refractivity contribution in [3.05, 3.63) is 58.6 Å². The van der Waals surface area contributed by atoms with E-state index in [0.717, 1.165) is 5.56 Å². The summed E-state index contributed by atoms with van der Waals surface area (Å²) < 4.78 is 11.3. The van der Waals surface area contributed by atoms with Crippen LogP contribution in [-0.2, 0) is 20.8 Å². The van der Waals surface area contributed by atoms with Gasteiger partial charge in [-0.15, -0.1) is 10.2 Å². The Bertz CT molecular complexity index is 1180. The topological polar surface area (TPSA) is 112 Å². The van der Waals surface area contributed by atoms with Crippen molar-refractivity contribution in [1.82, 2.24) is 14.8 Å². The summed E-state index contributed by atoms with van der Waals surface area (Å²) in [6.45, 7) is 2.55. The molecule has 3 aromatic rings. The average molecular weight is 489 g/mol. The molecule has 0 spiro atoms. The highest BCUT2D eigenvalue weighted by Crippen LogP contribution is 2.26. The molecule has 2 aromatic carbocycles. The zero-order valence-corrected chi connectivity index (χ0v) is 19.7. The summed E-state index contributed by atoms with van der Waals surface area (Å²) in [7, 11) is 2.47. The summed E-state index contributed by atoms with van der Waals surface area (Å²) in [5, 5.41) is 12.3. The molecule has 33 heavy (non-hydrogen) atoms. The second-order valence-corrected chi connectivity index (χ2v) is 8.02. The van der Waals surface area contributed by atoms with Gasteiger partial charge in [-0.05, 0) is 49.4 Å². The third-order valence-corrected chi connectivity index (χ3v) is 5.81. The molecule has 172 valence electrons. The third-order valence-electron chi connectivity index (χ3n) is 4.59. The highest BCUT2D eigenvalue weighted by Gasteiger charge is 2.19. The molecule has 0 unspecified atom stereocenters. The van der Waals surface area contributed by atoms with Gasteiger partial charge in [0.2, 0.25) is 5.91 Å². The van der Waals surface area contributed by atoms with E-state index in [0.29, 0.717) is 22.5 Å². The Hall–Kier alpha value is -3.37. The monoisotopic (exact) mass is 488 g/mol. The molecule has 1 heterocycles. The molecule has 1 amide bonds. The second kappa shape index (κ2) is 11.0. The Labute approximate surface area is 199 Å². The number of anilines is 1. The first-order chi connectivity index (χ1) is 15.9. The van der Waals surface area contributed by atoms with Gasteiger partial charge in [-0.3, -0.25) is 4.79 Å². The number of amides is 1. The fourth-order valence-corrected chi connectivity index (χ4v) is 3.92. The maximum Gasteiger partial charge on any atom is 0.339 e. The first-order valence-electron chi connectivity index (χ1n) is 9.80. The predicted octanol–water partition coefficient (Wildman–Crippen LogP) is 3.92. The van der Waals surface area contributed by atoms with Crippen LogP contribution in [0.25, 0.3) is 11.4 Å². The largest absolute Gasteiger partial charge is 0.465 e. The van der Waals surface area contributed by atoms with E-state index in [1.54, 1.807) is 12.1 Å². The van der Waals surface area contributed by atoms with Crippen LogP contribution in [0.2, 0.25) is 5.02 Å². The molecule has 11 heteroatoms. The molecule has 0 bridgehead atoms. The number of nitrogens with one attached hydrogen (secondary N) is 1. The van der Waals surface area contributed by atoms with Crippen molar-refractivity contribution in [1.29, 1.82) is 0 Å². The van der Waals surface area contributed by atoms with Crippen LogP contribution in [0.4, 0.5) is 5.69 Å². The van der Waals surface area contributed by atoms with Crippen molar-refractivity contribution in [2.45, 2.75) is 18.6 Å². The number of ether oxygens (including phenoxy) is 2. The van der Waals surface area contributed by atoms with Crippen LogP contribution in [-0.4, -0.2) is 52.6 Å². The summed E-state index contributed by atoms with van der Waals surface area (Å²) in [6.07, 6.45) is 0. The number of methoxy groups -OCH3 is 2. The molecule has 3 rings (SSSR count).